The van der Waals surface area contributed by atoms with Gasteiger partial charge in [0.15, 0.2) is 5.11 Å². The Morgan fingerprint density at radius 3 is 2.60 bits per heavy atom. The van der Waals surface area contributed by atoms with E-state index in [1.54, 1.807) is 0 Å². The van der Waals surface area contributed by atoms with E-state index in [0.717, 1.165) is 6.54 Å². The molecule has 0 aliphatic heterocycles. The van der Waals surface area contributed by atoms with E-state index in [1.807, 2.05) is 0 Å². The largest absolute Gasteiger partial charge is 0.359 e. The van der Waals surface area contributed by atoms with Gasteiger partial charge in [-0.05, 0) is 63.7 Å². The molecule has 2 N–H and O–H groups in total. The first kappa shape index (κ1) is 14.9. The number of hydrogen-bond acceptors (Lipinski definition) is 1. The van der Waals surface area contributed by atoms with Crippen molar-refractivity contribution in [1.82, 2.24) is 15.2 Å². The second-order valence-electron chi connectivity index (χ2n) is 6.30. The number of nitrogens with one attached hydrogen (secondary N) is 2. The number of hydrogen-bond donors (Lipinski definition) is 2. The van der Waals surface area contributed by atoms with Crippen LogP contribution in [0.4, 0.5) is 0 Å². The predicted octanol–water partition coefficient (Wildman–Crippen LogP) is 3.25. The van der Waals surface area contributed by atoms with E-state index < -0.39 is 0 Å². The maximum absolute atomic E-state index is 5.30. The van der Waals surface area contributed by atoms with Crippen LogP contribution < -0.4 is 10.6 Å². The van der Waals surface area contributed by atoms with Gasteiger partial charge in [-0.3, -0.25) is 0 Å². The number of aryl methyl sites for hydroxylation is 2. The van der Waals surface area contributed by atoms with E-state index in [-0.39, 0.29) is 5.54 Å². The van der Waals surface area contributed by atoms with Crippen molar-refractivity contribution < 1.29 is 0 Å². The number of rotatable bonds is 2. The summed E-state index contributed by atoms with van der Waals surface area (Å²) in [5.74, 6) is 0. The lowest BCUT2D eigenvalue weighted by molar-refractivity contribution is 0.506. The van der Waals surface area contributed by atoms with Gasteiger partial charge in [-0.2, -0.15) is 0 Å². The molecular weight excluding hydrogens is 266 g/mol. The van der Waals surface area contributed by atoms with Crippen molar-refractivity contribution in [1.29, 1.82) is 0 Å². The van der Waals surface area contributed by atoms with Crippen LogP contribution in [-0.2, 0) is 13.6 Å². The lowest BCUT2D eigenvalue weighted by atomic mass is 10.1. The smallest absolute Gasteiger partial charge is 0.166 e. The van der Waals surface area contributed by atoms with E-state index in [0.29, 0.717) is 5.11 Å². The number of nitrogens with zero attached hydrogens (tertiary/aromatic N) is 1. The van der Waals surface area contributed by atoms with Crippen LogP contribution in [0.3, 0.4) is 0 Å². The molecule has 2 aromatic rings. The van der Waals surface area contributed by atoms with Gasteiger partial charge >= 0.3 is 0 Å². The average Bonchev–Trinajstić information content (AvgIpc) is 2.60. The Kier molecular flexibility index (Phi) is 4.04. The van der Waals surface area contributed by atoms with Gasteiger partial charge in [-0.15, -0.1) is 0 Å². The van der Waals surface area contributed by atoms with Gasteiger partial charge in [0.25, 0.3) is 0 Å². The van der Waals surface area contributed by atoms with Crippen molar-refractivity contribution in [2.45, 2.75) is 39.8 Å². The van der Waals surface area contributed by atoms with Crippen molar-refractivity contribution >= 4 is 28.2 Å². The van der Waals surface area contributed by atoms with Crippen molar-refractivity contribution in [2.75, 3.05) is 0 Å². The van der Waals surface area contributed by atoms with Crippen LogP contribution in [0, 0.1) is 6.92 Å². The fourth-order valence-corrected chi connectivity index (χ4v) is 2.59. The van der Waals surface area contributed by atoms with Crippen LogP contribution >= 0.6 is 12.2 Å². The fourth-order valence-electron chi connectivity index (χ4n) is 2.21. The van der Waals surface area contributed by atoms with Crippen molar-refractivity contribution in [2.24, 2.45) is 7.05 Å². The highest BCUT2D eigenvalue weighted by molar-refractivity contribution is 7.80. The molecule has 0 aliphatic rings. The first-order valence-corrected chi connectivity index (χ1v) is 7.28. The van der Waals surface area contributed by atoms with Gasteiger partial charge < -0.3 is 15.2 Å². The third kappa shape index (κ3) is 3.51. The van der Waals surface area contributed by atoms with Gasteiger partial charge in [-0.1, -0.05) is 6.07 Å². The monoisotopic (exact) mass is 289 g/mol. The first-order chi connectivity index (χ1) is 9.26. The molecule has 0 atom stereocenters. The quantitative estimate of drug-likeness (QED) is 0.832. The minimum atomic E-state index is -0.00935. The number of aromatic nitrogens is 1. The molecule has 0 bridgehead atoms. The summed E-state index contributed by atoms with van der Waals surface area (Å²) in [6.07, 6.45) is 0. The molecule has 0 fully saturated rings. The normalized spacial score (nSPS) is 11.7. The minimum absolute atomic E-state index is 0.00935. The summed E-state index contributed by atoms with van der Waals surface area (Å²) in [5.41, 5.74) is 3.77. The second-order valence-corrected chi connectivity index (χ2v) is 6.70. The number of thiocarbonyl (C=S) groups is 1. The van der Waals surface area contributed by atoms with Crippen molar-refractivity contribution in [3.63, 3.8) is 0 Å². The highest BCUT2D eigenvalue weighted by atomic mass is 32.1. The summed E-state index contributed by atoms with van der Waals surface area (Å²) in [6.45, 7) is 9.16. The molecule has 1 aromatic heterocycles. The molecule has 0 radical (unpaired) electrons. The molecule has 0 unspecified atom stereocenters. The Bertz CT molecular complexity index is 635. The van der Waals surface area contributed by atoms with Crippen LogP contribution in [0.2, 0.25) is 0 Å². The lowest BCUT2D eigenvalue weighted by Gasteiger charge is -2.23. The zero-order chi connectivity index (χ0) is 14.9. The third-order valence-electron chi connectivity index (χ3n) is 3.29. The van der Waals surface area contributed by atoms with Crippen LogP contribution in [0.1, 0.15) is 32.0 Å². The standard InChI is InChI=1S/C16H23N3S/c1-11-8-13-9-12(6-7-14(13)19(11)5)10-17-15(20)18-16(2,3)4/h6-9H,10H2,1-5H3,(H2,17,18,20). The van der Waals surface area contributed by atoms with Gasteiger partial charge in [0, 0.05) is 35.7 Å². The lowest BCUT2D eigenvalue weighted by Crippen LogP contribution is -2.45. The fraction of sp³-hybridized carbons (Fsp3) is 0.438. The minimum Gasteiger partial charge on any atom is -0.359 e. The van der Waals surface area contributed by atoms with Crippen molar-refractivity contribution in [3.05, 3.63) is 35.5 Å². The molecule has 108 valence electrons. The topological polar surface area (TPSA) is 29.0 Å². The molecule has 0 aliphatic carbocycles. The third-order valence-corrected chi connectivity index (χ3v) is 3.53. The van der Waals surface area contributed by atoms with Crippen LogP contribution in [-0.4, -0.2) is 15.2 Å². The summed E-state index contributed by atoms with van der Waals surface area (Å²) >= 11 is 5.30. The van der Waals surface area contributed by atoms with Gasteiger partial charge in [0.1, 0.15) is 0 Å². The molecule has 0 spiro atoms. The molecule has 1 aromatic carbocycles. The molecule has 20 heavy (non-hydrogen) atoms. The molecular formula is C16H23N3S. The zero-order valence-corrected chi connectivity index (χ0v) is 13.7. The van der Waals surface area contributed by atoms with E-state index >= 15 is 0 Å². The predicted molar refractivity (Wildman–Crippen MR) is 90.0 cm³/mol. The Hall–Kier alpha value is -1.55. The van der Waals surface area contributed by atoms with E-state index in [4.69, 9.17) is 12.2 Å². The summed E-state index contributed by atoms with van der Waals surface area (Å²) in [7, 11) is 2.10. The van der Waals surface area contributed by atoms with Gasteiger partial charge in [0.2, 0.25) is 0 Å². The maximum Gasteiger partial charge on any atom is 0.166 e. The Morgan fingerprint density at radius 1 is 1.25 bits per heavy atom. The highest BCUT2D eigenvalue weighted by Gasteiger charge is 2.10. The summed E-state index contributed by atoms with van der Waals surface area (Å²) in [4.78, 5) is 0. The van der Waals surface area contributed by atoms with Crippen LogP contribution in [0.15, 0.2) is 24.3 Å². The molecule has 4 heteroatoms. The SMILES string of the molecule is Cc1cc2cc(CNC(=S)NC(C)(C)C)ccc2n1C. The summed E-state index contributed by atoms with van der Waals surface area (Å²) in [6, 6.07) is 8.74. The number of fused-ring (bicyclic) bond motifs is 1. The average molecular weight is 289 g/mol. The highest BCUT2D eigenvalue weighted by Crippen LogP contribution is 2.19. The molecule has 0 saturated carbocycles. The zero-order valence-electron chi connectivity index (χ0n) is 12.9. The van der Waals surface area contributed by atoms with Crippen LogP contribution in [0.25, 0.3) is 10.9 Å². The Balaban J connectivity index is 2.05. The Labute approximate surface area is 126 Å². The molecule has 2 rings (SSSR count). The second kappa shape index (κ2) is 5.44. The van der Waals surface area contributed by atoms with E-state index in [1.165, 1.54) is 22.2 Å². The number of benzene rings is 1. The van der Waals surface area contributed by atoms with E-state index in [9.17, 15) is 0 Å². The molecule has 0 saturated heterocycles. The molecule has 1 heterocycles. The Morgan fingerprint density at radius 2 is 1.95 bits per heavy atom. The van der Waals surface area contributed by atoms with Gasteiger partial charge in [0.05, 0.1) is 0 Å². The first-order valence-electron chi connectivity index (χ1n) is 6.87. The summed E-state index contributed by atoms with van der Waals surface area (Å²) < 4.78 is 2.21. The molecule has 0 amide bonds. The van der Waals surface area contributed by atoms with E-state index in [2.05, 4.69) is 74.2 Å². The van der Waals surface area contributed by atoms with Crippen molar-refractivity contribution in [3.8, 4) is 0 Å². The van der Waals surface area contributed by atoms with Crippen LogP contribution in [0.5, 0.6) is 0 Å². The summed E-state index contributed by atoms with van der Waals surface area (Å²) in [5, 5.41) is 8.48. The van der Waals surface area contributed by atoms with Gasteiger partial charge in [-0.25, -0.2) is 0 Å². The maximum atomic E-state index is 5.30. The molecule has 3 nitrogen and oxygen atoms in total.